The SMILES string of the molecule is Nc1nn2ccc(C(F)(F)F)nc2c1C(=O)Nc1cnccc1OC1CC2(CCN2)C1.Nc1nn2ccc(C(F)(F)F)nc2c1C(=O)Nc1cnccc1OC1CC2(CCN2)C1.Nc1nn2ccc(C(F)(F)F)nc2c1C(=O)Nc1cnccc1OC1CCCNC1.Nc1nn2ccc(C(F)(F)F)nc2c1C(=O)Nc1cnccc1O[C@@H]1CCNC1.Nc1nn2ccc(C(F)(F)F)nc2c1C(=O)Nc1cnccc1O[C@H]1CCNC1. The number of carbonyl (C=O) groups excluding carboxylic acids is 5. The molecule has 786 valence electrons. The Morgan fingerprint density at radius 1 is 0.307 bits per heavy atom. The first-order valence-electron chi connectivity index (χ1n) is 45.8. The molecular formula is C90H86F15N35O10. The van der Waals surface area contributed by atoms with E-state index in [1.54, 1.807) is 30.3 Å². The standard InChI is InChI=1S/2C19H18F3N7O2.C18H18F3N7O2.2C17H16F3N7O2/c2*20-19(21,22)13-2-6-29-16(27-13)14(15(23)28-29)17(30)26-11-9-24-4-1-12(11)31-10-7-18(8-10)3-5-25-18;19-18(20,21)13-4-7-28-16(26-13)14(15(22)27-28)17(29)25-11-9-24-6-3-12(11)30-10-2-1-5-23-8-10;2*18-17(19,20)12-3-6-27-15(25-12)13(14(21)26-27)16(28)24-10-8-23-5-2-11(10)29-9-1-4-22-7-9/h2*1-2,4,6,9-10,25H,3,5,7-8H2,(H2,23,28)(H,26,30);3-4,6-7,9-10,23H,1-2,5,8H2,(H2,22,27)(H,25,29);2*2-3,5-6,8-9,22H,1,4,7H2,(H2,21,26)(H,24,28)/t;;;2*9-/m...10/s1. The molecule has 20 N–H and O–H groups in total. The van der Waals surface area contributed by atoms with Gasteiger partial charge >= 0.3 is 30.9 Å². The molecule has 60 heteroatoms. The van der Waals surface area contributed by atoms with Gasteiger partial charge in [0.05, 0.1) is 31.0 Å². The number of pyridine rings is 5. The van der Waals surface area contributed by atoms with E-state index in [2.05, 4.69) is 129 Å². The maximum atomic E-state index is 13.0. The summed E-state index contributed by atoms with van der Waals surface area (Å²) in [6, 6.07) is 11.8. The van der Waals surface area contributed by atoms with Crippen molar-refractivity contribution in [1.82, 2.24) is 124 Å². The van der Waals surface area contributed by atoms with Crippen LogP contribution in [-0.4, -0.2) is 221 Å². The number of amides is 5. The van der Waals surface area contributed by atoms with Crippen LogP contribution < -0.4 is 106 Å². The van der Waals surface area contributed by atoms with E-state index in [9.17, 15) is 89.8 Å². The topological polar surface area (TPSA) is 597 Å². The molecule has 5 amide bonds. The summed E-state index contributed by atoms with van der Waals surface area (Å²) in [4.78, 5) is 102. The highest BCUT2D eigenvalue weighted by Crippen LogP contribution is 2.46. The van der Waals surface area contributed by atoms with E-state index in [0.717, 1.165) is 181 Å². The first-order chi connectivity index (χ1) is 71.5. The minimum absolute atomic E-state index is 0.00362. The molecule has 0 bridgehead atoms. The average Bonchev–Trinajstić information content (AvgIpc) is 1.36. The van der Waals surface area contributed by atoms with E-state index < -0.39 is 88.9 Å². The number of nitrogens with two attached hydrogens (primary N) is 5. The van der Waals surface area contributed by atoms with Crippen LogP contribution in [0.4, 0.5) is 123 Å². The largest absolute Gasteiger partial charge is 0.488 e. The Kier molecular flexibility index (Phi) is 28.6. The summed E-state index contributed by atoms with van der Waals surface area (Å²) < 4.78 is 230. The molecule has 15 aromatic heterocycles. The van der Waals surface area contributed by atoms with Gasteiger partial charge in [-0.2, -0.15) is 65.9 Å². The number of halogens is 15. The zero-order chi connectivity index (χ0) is 106. The lowest BCUT2D eigenvalue weighted by molar-refractivity contribution is -0.141. The predicted octanol–water partition coefficient (Wildman–Crippen LogP) is 10.0. The second-order valence-electron chi connectivity index (χ2n) is 35.1. The average molecular weight is 2100 g/mol. The van der Waals surface area contributed by atoms with Gasteiger partial charge in [0.25, 0.3) is 29.5 Å². The van der Waals surface area contributed by atoms with Gasteiger partial charge in [0, 0.05) is 149 Å². The van der Waals surface area contributed by atoms with Crippen molar-refractivity contribution in [3.05, 3.63) is 210 Å². The van der Waals surface area contributed by atoms with Crippen molar-refractivity contribution in [2.45, 2.75) is 137 Å². The number of ether oxygens (including phenoxy) is 5. The van der Waals surface area contributed by atoms with Crippen LogP contribution >= 0.6 is 0 Å². The van der Waals surface area contributed by atoms with Crippen molar-refractivity contribution >= 4 is 115 Å². The quantitative estimate of drug-likeness (QED) is 0.0315. The molecule has 150 heavy (non-hydrogen) atoms. The first kappa shape index (κ1) is 103. The van der Waals surface area contributed by atoms with Crippen LogP contribution in [0.2, 0.25) is 0 Å². The molecule has 5 aliphatic heterocycles. The molecule has 2 spiro atoms. The lowest BCUT2D eigenvalue weighted by Crippen LogP contribution is -2.67. The van der Waals surface area contributed by atoms with Crippen molar-refractivity contribution in [2.24, 2.45) is 0 Å². The maximum absolute atomic E-state index is 13.0. The third-order valence-electron chi connectivity index (χ3n) is 24.7. The molecule has 5 saturated heterocycles. The van der Waals surface area contributed by atoms with Gasteiger partial charge in [-0.3, -0.25) is 48.9 Å². The number of carbonyl (C=O) groups is 5. The molecule has 1 unspecified atom stereocenters. The monoisotopic (exact) mass is 2100 g/mol. The van der Waals surface area contributed by atoms with E-state index in [1.807, 2.05) is 0 Å². The summed E-state index contributed by atoms with van der Waals surface area (Å²) in [5.41, 5.74) is 22.0. The highest BCUT2D eigenvalue weighted by atomic mass is 19.4. The Labute approximate surface area is 832 Å². The molecule has 2 saturated carbocycles. The van der Waals surface area contributed by atoms with Gasteiger partial charge in [-0.25, -0.2) is 47.5 Å². The van der Waals surface area contributed by atoms with Gasteiger partial charge in [0.15, 0.2) is 57.3 Å². The summed E-state index contributed by atoms with van der Waals surface area (Å²) >= 11 is 0. The molecule has 3 atom stereocenters. The number of nitrogen functional groups attached to an aromatic ring is 5. The molecule has 7 aliphatic rings. The minimum atomic E-state index is -4.67. The van der Waals surface area contributed by atoms with E-state index >= 15 is 0 Å². The second-order valence-corrected chi connectivity index (χ2v) is 35.1. The fourth-order valence-electron chi connectivity index (χ4n) is 17.1. The Hall–Kier alpha value is -17.1. The summed E-state index contributed by atoms with van der Waals surface area (Å²) in [5.74, 6) is -3.06. The molecule has 15 aromatic rings. The van der Waals surface area contributed by atoms with Gasteiger partial charge in [-0.1, -0.05) is 0 Å². The third kappa shape index (κ3) is 22.9. The van der Waals surface area contributed by atoms with E-state index in [1.165, 1.54) is 62.0 Å². The predicted molar refractivity (Wildman–Crippen MR) is 501 cm³/mol. The lowest BCUT2D eigenvalue weighted by Gasteiger charge is -2.54. The van der Waals surface area contributed by atoms with Crippen molar-refractivity contribution in [1.29, 1.82) is 0 Å². The van der Waals surface area contributed by atoms with Crippen LogP contribution in [0.1, 0.15) is 144 Å². The first-order valence-corrected chi connectivity index (χ1v) is 45.8. The van der Waals surface area contributed by atoms with Crippen LogP contribution in [-0.2, 0) is 30.9 Å². The number of hydrogen-bond acceptors (Lipinski definition) is 35. The summed E-state index contributed by atoms with van der Waals surface area (Å²) in [5, 5.41) is 48.7. The highest BCUT2D eigenvalue weighted by Gasteiger charge is 2.51. The molecule has 0 radical (unpaired) electrons. The fourth-order valence-corrected chi connectivity index (χ4v) is 17.1. The smallest absolute Gasteiger partial charge is 0.433 e. The molecule has 20 heterocycles. The Bertz CT molecular complexity index is 7210. The Morgan fingerprint density at radius 3 is 0.713 bits per heavy atom. The van der Waals surface area contributed by atoms with E-state index in [-0.39, 0.29) is 155 Å². The molecule has 0 aromatic carbocycles. The zero-order valence-corrected chi connectivity index (χ0v) is 77.6. The van der Waals surface area contributed by atoms with Gasteiger partial charge < -0.3 is 106 Å². The number of piperidine rings is 1. The molecular weight excluding hydrogens is 2020 g/mol. The Balaban J connectivity index is 0.000000122. The van der Waals surface area contributed by atoms with Crippen LogP contribution in [0, 0.1) is 0 Å². The summed E-state index contributed by atoms with van der Waals surface area (Å²) in [7, 11) is 0. The van der Waals surface area contributed by atoms with Gasteiger partial charge in [-0.05, 0) is 102 Å². The van der Waals surface area contributed by atoms with E-state index in [0.29, 0.717) is 48.4 Å². The molecule has 45 nitrogen and oxygen atoms in total. The Morgan fingerprint density at radius 2 is 0.520 bits per heavy atom. The second kappa shape index (κ2) is 41.7. The van der Waals surface area contributed by atoms with Gasteiger partial charge in [0.2, 0.25) is 0 Å². The van der Waals surface area contributed by atoms with Crippen LogP contribution in [0.25, 0.3) is 28.2 Å². The van der Waals surface area contributed by atoms with Gasteiger partial charge in [-0.15, -0.1) is 25.5 Å². The number of nitrogens with zero attached hydrogens (tertiary/aromatic N) is 20. The number of rotatable bonds is 20. The number of alkyl halides is 15. The van der Waals surface area contributed by atoms with Crippen molar-refractivity contribution < 1.29 is 114 Å². The minimum Gasteiger partial charge on any atom is -0.488 e. The number of anilines is 10. The molecule has 2 aliphatic carbocycles. The zero-order valence-electron chi connectivity index (χ0n) is 77.6. The molecule has 22 rings (SSSR count). The van der Waals surface area contributed by atoms with Crippen LogP contribution in [0.15, 0.2) is 154 Å². The van der Waals surface area contributed by atoms with Crippen LogP contribution in [0.5, 0.6) is 28.7 Å². The lowest BCUT2D eigenvalue weighted by atomic mass is 9.68. The van der Waals surface area contributed by atoms with Gasteiger partial charge in [0.1, 0.15) is 144 Å². The number of aromatic nitrogens is 20. The normalized spacial score (nSPS) is 19.3. The number of nitrogens with one attached hydrogen (secondary N) is 10. The summed E-state index contributed by atoms with van der Waals surface area (Å²) in [6.45, 7) is 6.58. The van der Waals surface area contributed by atoms with Crippen molar-refractivity contribution in [3.8, 4) is 28.7 Å². The number of fused-ring (bicyclic) bond motifs is 5. The molecule has 7 fully saturated rings. The maximum Gasteiger partial charge on any atom is 0.433 e. The highest BCUT2D eigenvalue weighted by molar-refractivity contribution is 6.15. The van der Waals surface area contributed by atoms with Crippen LogP contribution in [0.3, 0.4) is 0 Å². The fraction of sp³-hybridized carbons (Fsp3) is 0.333. The van der Waals surface area contributed by atoms with E-state index in [4.69, 9.17) is 52.4 Å². The van der Waals surface area contributed by atoms with Crippen molar-refractivity contribution in [3.63, 3.8) is 0 Å². The number of hydrogen-bond donors (Lipinski definition) is 15. The third-order valence-corrected chi connectivity index (χ3v) is 24.7. The summed E-state index contributed by atoms with van der Waals surface area (Å²) in [6.07, 6.45) is 5.38. The van der Waals surface area contributed by atoms with Crippen molar-refractivity contribution in [2.75, 3.05) is 108 Å².